The van der Waals surface area contributed by atoms with Crippen LogP contribution in [-0.4, -0.2) is 24.0 Å². The van der Waals surface area contributed by atoms with Crippen LogP contribution < -0.4 is 10.6 Å². The molecule has 2 rings (SSSR count). The molecule has 2 N–H and O–H groups in total. The number of anilines is 2. The highest BCUT2D eigenvalue weighted by atomic mass is 32.2. The molecule has 0 aliphatic rings. The van der Waals surface area contributed by atoms with Gasteiger partial charge < -0.3 is 10.6 Å². The van der Waals surface area contributed by atoms with Gasteiger partial charge in [-0.2, -0.15) is 8.78 Å². The third-order valence-corrected chi connectivity index (χ3v) is 3.91. The number of hydrogen-bond acceptors (Lipinski definition) is 4. The molecule has 0 saturated carbocycles. The Morgan fingerprint density at radius 3 is 2.33 bits per heavy atom. The number of carbonyl (C=O) groups excluding carboxylic acids is 2. The van der Waals surface area contributed by atoms with E-state index in [1.165, 1.54) is 6.92 Å². The minimum absolute atomic E-state index is 0.104. The van der Waals surface area contributed by atoms with Crippen LogP contribution in [0.1, 0.15) is 17.3 Å². The molecule has 0 aliphatic carbocycles. The van der Waals surface area contributed by atoms with Crippen molar-refractivity contribution in [1.82, 2.24) is 0 Å². The van der Waals surface area contributed by atoms with Gasteiger partial charge in [-0.15, -0.1) is 0 Å². The van der Waals surface area contributed by atoms with Crippen LogP contribution in [0.25, 0.3) is 0 Å². The Hall–Kier alpha value is -2.41. The molecule has 0 saturated heterocycles. The third-order valence-electron chi connectivity index (χ3n) is 3.12. The van der Waals surface area contributed by atoms with E-state index in [9.17, 15) is 18.4 Å². The van der Waals surface area contributed by atoms with Crippen molar-refractivity contribution in [2.45, 2.75) is 17.6 Å². The number of halogens is 2. The van der Waals surface area contributed by atoms with E-state index in [0.717, 1.165) is 0 Å². The molecule has 24 heavy (non-hydrogen) atoms. The smallest absolute Gasteiger partial charge is 0.288 e. The first-order valence-electron chi connectivity index (χ1n) is 7.15. The van der Waals surface area contributed by atoms with Gasteiger partial charge in [-0.1, -0.05) is 36.0 Å². The summed E-state index contributed by atoms with van der Waals surface area (Å²) in [6.07, 6.45) is 0. The Labute approximate surface area is 142 Å². The lowest BCUT2D eigenvalue weighted by Crippen LogP contribution is -2.23. The predicted octanol–water partition coefficient (Wildman–Crippen LogP) is 4.25. The van der Waals surface area contributed by atoms with Crippen molar-refractivity contribution in [1.29, 1.82) is 0 Å². The molecule has 0 spiro atoms. The second kappa shape index (κ2) is 8.44. The Kier molecular flexibility index (Phi) is 6.31. The van der Waals surface area contributed by atoms with Crippen molar-refractivity contribution in [3.05, 3.63) is 54.1 Å². The average Bonchev–Trinajstić information content (AvgIpc) is 2.54. The van der Waals surface area contributed by atoms with Crippen LogP contribution in [0.3, 0.4) is 0 Å². The van der Waals surface area contributed by atoms with Crippen LogP contribution in [0.5, 0.6) is 0 Å². The number of benzene rings is 2. The molecule has 0 aromatic heterocycles. The molecule has 0 atom stereocenters. The molecule has 2 aromatic rings. The topological polar surface area (TPSA) is 58.2 Å². The van der Waals surface area contributed by atoms with Crippen LogP contribution in [0.4, 0.5) is 20.2 Å². The lowest BCUT2D eigenvalue weighted by Gasteiger charge is -2.12. The van der Waals surface area contributed by atoms with Gasteiger partial charge in [0.15, 0.2) is 5.78 Å². The van der Waals surface area contributed by atoms with Gasteiger partial charge >= 0.3 is 0 Å². The van der Waals surface area contributed by atoms with E-state index in [1.54, 1.807) is 48.5 Å². The van der Waals surface area contributed by atoms with Gasteiger partial charge in [-0.05, 0) is 31.2 Å². The van der Waals surface area contributed by atoms with E-state index in [-0.39, 0.29) is 18.2 Å². The fraction of sp³-hybridized carbons (Fsp3) is 0.176. The van der Waals surface area contributed by atoms with Gasteiger partial charge in [-0.25, -0.2) is 0 Å². The molecule has 0 heterocycles. The van der Waals surface area contributed by atoms with E-state index in [1.807, 2.05) is 0 Å². The summed E-state index contributed by atoms with van der Waals surface area (Å²) in [7, 11) is 0. The Morgan fingerprint density at radius 1 is 1.04 bits per heavy atom. The van der Waals surface area contributed by atoms with Gasteiger partial charge in [0.2, 0.25) is 5.91 Å². The Morgan fingerprint density at radius 2 is 1.67 bits per heavy atom. The van der Waals surface area contributed by atoms with Crippen LogP contribution in [-0.2, 0) is 4.79 Å². The summed E-state index contributed by atoms with van der Waals surface area (Å²) in [5.41, 5.74) is 1.30. The van der Waals surface area contributed by atoms with Crippen molar-refractivity contribution in [2.75, 3.05) is 17.2 Å². The van der Waals surface area contributed by atoms with Crippen LogP contribution in [0.2, 0.25) is 0 Å². The fourth-order valence-electron chi connectivity index (χ4n) is 2.08. The van der Waals surface area contributed by atoms with Crippen molar-refractivity contribution in [3.8, 4) is 0 Å². The second-order valence-corrected chi connectivity index (χ2v) is 5.91. The van der Waals surface area contributed by atoms with Crippen molar-refractivity contribution >= 4 is 34.8 Å². The maximum absolute atomic E-state index is 12.5. The lowest BCUT2D eigenvalue weighted by atomic mass is 10.1. The van der Waals surface area contributed by atoms with Gasteiger partial charge in [0.1, 0.15) is 0 Å². The monoisotopic (exact) mass is 350 g/mol. The molecule has 7 heteroatoms. The molecule has 0 aliphatic heterocycles. The van der Waals surface area contributed by atoms with Crippen molar-refractivity contribution in [3.63, 3.8) is 0 Å². The summed E-state index contributed by atoms with van der Waals surface area (Å²) in [5, 5.41) is 5.48. The molecule has 0 unspecified atom stereocenters. The minimum atomic E-state index is -2.54. The third kappa shape index (κ3) is 5.06. The average molecular weight is 350 g/mol. The maximum Gasteiger partial charge on any atom is 0.288 e. The number of thioether (sulfide) groups is 1. The summed E-state index contributed by atoms with van der Waals surface area (Å²) in [4.78, 5) is 24.0. The summed E-state index contributed by atoms with van der Waals surface area (Å²) < 4.78 is 25.1. The summed E-state index contributed by atoms with van der Waals surface area (Å²) >= 11 is 0.415. The number of amides is 1. The second-order valence-electron chi connectivity index (χ2n) is 4.88. The highest BCUT2D eigenvalue weighted by Gasteiger charge is 2.12. The molecule has 0 bridgehead atoms. The van der Waals surface area contributed by atoms with Crippen molar-refractivity contribution < 1.29 is 18.4 Å². The van der Waals surface area contributed by atoms with Gasteiger partial charge in [0.25, 0.3) is 5.76 Å². The maximum atomic E-state index is 12.5. The molecule has 1 amide bonds. The number of ketones is 1. The van der Waals surface area contributed by atoms with E-state index in [0.29, 0.717) is 33.6 Å². The molecule has 2 aromatic carbocycles. The van der Waals surface area contributed by atoms with Gasteiger partial charge in [-0.3, -0.25) is 9.59 Å². The normalized spacial score (nSPS) is 10.5. The summed E-state index contributed by atoms with van der Waals surface area (Å²) in [6, 6.07) is 13.2. The summed E-state index contributed by atoms with van der Waals surface area (Å²) in [5.74, 6) is -3.07. The highest BCUT2D eigenvalue weighted by Crippen LogP contribution is 2.31. The minimum Gasteiger partial charge on any atom is -0.375 e. The zero-order valence-electron chi connectivity index (χ0n) is 12.9. The van der Waals surface area contributed by atoms with Gasteiger partial charge in [0, 0.05) is 16.1 Å². The molecular formula is C17H16F2N2O2S. The number of alkyl halides is 2. The number of nitrogens with one attached hydrogen (secondary N) is 2. The molecule has 0 fully saturated rings. The highest BCUT2D eigenvalue weighted by molar-refractivity contribution is 7.99. The van der Waals surface area contributed by atoms with E-state index < -0.39 is 5.76 Å². The van der Waals surface area contributed by atoms with Crippen LogP contribution in [0.15, 0.2) is 53.4 Å². The predicted molar refractivity (Wildman–Crippen MR) is 91.9 cm³/mol. The standard InChI is InChI=1S/C17H16F2N2O2S/c1-11(22)12-6-2-3-7-13(12)21-16(23)10-20-14-8-4-5-9-15(14)24-17(18)19/h2-9,17,20H,10H2,1H3,(H,21,23). The lowest BCUT2D eigenvalue weighted by molar-refractivity contribution is -0.114. The number of carbonyl (C=O) groups is 2. The fourth-order valence-corrected chi connectivity index (χ4v) is 2.70. The van der Waals surface area contributed by atoms with Gasteiger partial charge in [0.05, 0.1) is 12.2 Å². The van der Waals surface area contributed by atoms with Crippen LogP contribution >= 0.6 is 11.8 Å². The largest absolute Gasteiger partial charge is 0.375 e. The first-order valence-corrected chi connectivity index (χ1v) is 8.03. The number of Topliss-reactive ketones (excluding diaryl/α,β-unsaturated/α-hetero) is 1. The Balaban J connectivity index is 2.01. The molecular weight excluding hydrogens is 334 g/mol. The van der Waals surface area contributed by atoms with Crippen molar-refractivity contribution in [2.24, 2.45) is 0 Å². The molecule has 0 radical (unpaired) electrons. The number of rotatable bonds is 7. The van der Waals surface area contributed by atoms with E-state index in [4.69, 9.17) is 0 Å². The zero-order valence-corrected chi connectivity index (χ0v) is 13.7. The first-order chi connectivity index (χ1) is 11.5. The quantitative estimate of drug-likeness (QED) is 0.579. The first kappa shape index (κ1) is 17.9. The summed E-state index contributed by atoms with van der Waals surface area (Å²) in [6.45, 7) is 1.31. The molecule has 126 valence electrons. The SMILES string of the molecule is CC(=O)c1ccccc1NC(=O)CNc1ccccc1SC(F)F. The number of hydrogen-bond donors (Lipinski definition) is 2. The van der Waals surface area contributed by atoms with E-state index in [2.05, 4.69) is 10.6 Å². The zero-order chi connectivity index (χ0) is 17.5. The molecule has 4 nitrogen and oxygen atoms in total. The van der Waals surface area contributed by atoms with E-state index >= 15 is 0 Å². The Bertz CT molecular complexity index is 738. The van der Waals surface area contributed by atoms with Crippen LogP contribution in [0, 0.1) is 0 Å². The number of para-hydroxylation sites is 2.